The third kappa shape index (κ3) is 7.03. The molecule has 0 aliphatic carbocycles. The highest BCUT2D eigenvalue weighted by Crippen LogP contribution is 2.39. The molecule has 15 unspecified atom stereocenters. The Hall–Kier alpha value is -3.67. The van der Waals surface area contributed by atoms with Gasteiger partial charge in [-0.1, -0.05) is 0 Å². The molecule has 2 aromatic carbocycles. The second kappa shape index (κ2) is 15.0. The van der Waals surface area contributed by atoms with Gasteiger partial charge in [0.2, 0.25) is 23.8 Å². The zero-order chi connectivity index (χ0) is 37.8. The van der Waals surface area contributed by atoms with Crippen LogP contribution >= 0.6 is 0 Å². The van der Waals surface area contributed by atoms with Gasteiger partial charge in [-0.25, -0.2) is 0 Å². The van der Waals surface area contributed by atoms with Crippen LogP contribution in [0.5, 0.6) is 23.0 Å². The summed E-state index contributed by atoms with van der Waals surface area (Å²) in [5, 5.41) is 113. The van der Waals surface area contributed by atoms with Crippen LogP contribution in [0.1, 0.15) is 13.8 Å². The van der Waals surface area contributed by atoms with Gasteiger partial charge in [0.25, 0.3) is 0 Å². The van der Waals surface area contributed by atoms with Gasteiger partial charge in [0.15, 0.2) is 18.2 Å². The van der Waals surface area contributed by atoms with Gasteiger partial charge in [0.05, 0.1) is 18.8 Å². The summed E-state index contributed by atoms with van der Waals surface area (Å²) in [4.78, 5) is 14.0. The highest BCUT2D eigenvalue weighted by molar-refractivity contribution is 5.88. The van der Waals surface area contributed by atoms with Gasteiger partial charge in [-0.05, 0) is 38.1 Å². The number of phenols is 2. The summed E-state index contributed by atoms with van der Waals surface area (Å²) in [5.74, 6) is -1.93. The summed E-state index contributed by atoms with van der Waals surface area (Å²) >= 11 is 0. The van der Waals surface area contributed by atoms with E-state index in [1.54, 1.807) is 0 Å². The minimum absolute atomic E-state index is 0.130. The van der Waals surface area contributed by atoms with Crippen LogP contribution in [-0.4, -0.2) is 155 Å². The molecule has 0 saturated carbocycles. The fourth-order valence-electron chi connectivity index (χ4n) is 6.17. The number of hydrogen-bond donors (Lipinski definition) is 11. The van der Waals surface area contributed by atoms with E-state index in [-0.39, 0.29) is 28.4 Å². The molecule has 1 aromatic heterocycles. The van der Waals surface area contributed by atoms with Gasteiger partial charge < -0.3 is 89.0 Å². The summed E-state index contributed by atoms with van der Waals surface area (Å²) in [6.45, 7) is 2.04. The fourth-order valence-corrected chi connectivity index (χ4v) is 6.17. The first kappa shape index (κ1) is 38.1. The summed E-state index contributed by atoms with van der Waals surface area (Å²) in [5.41, 5.74) is -1.09. The summed E-state index contributed by atoms with van der Waals surface area (Å²) in [6.07, 6.45) is -23.9. The van der Waals surface area contributed by atoms with Crippen molar-refractivity contribution in [1.29, 1.82) is 0 Å². The Balaban J connectivity index is 1.37. The predicted molar refractivity (Wildman–Crippen MR) is 170 cm³/mol. The monoisotopic (exact) mass is 740 g/mol. The van der Waals surface area contributed by atoms with Gasteiger partial charge in [0, 0.05) is 17.7 Å². The maximum absolute atomic E-state index is 14.0. The largest absolute Gasteiger partial charge is 0.508 e. The number of rotatable bonds is 8. The molecule has 3 aliphatic rings. The zero-order valence-electron chi connectivity index (χ0n) is 27.5. The number of ether oxygens (including phenoxy) is 6. The lowest BCUT2D eigenvalue weighted by atomic mass is 9.97. The van der Waals surface area contributed by atoms with Crippen molar-refractivity contribution in [2.45, 2.75) is 106 Å². The molecule has 4 heterocycles. The molecule has 6 rings (SSSR count). The van der Waals surface area contributed by atoms with Crippen molar-refractivity contribution >= 4 is 11.0 Å². The maximum atomic E-state index is 14.0. The van der Waals surface area contributed by atoms with Crippen molar-refractivity contribution in [2.75, 3.05) is 6.61 Å². The van der Waals surface area contributed by atoms with E-state index in [0.717, 1.165) is 12.1 Å². The summed E-state index contributed by atoms with van der Waals surface area (Å²) in [7, 11) is 0. The smallest absolute Gasteiger partial charge is 0.239 e. The molecule has 15 atom stereocenters. The lowest BCUT2D eigenvalue weighted by Gasteiger charge is -2.45. The Morgan fingerprint density at radius 2 is 1.27 bits per heavy atom. The molecule has 52 heavy (non-hydrogen) atoms. The third-order valence-electron chi connectivity index (χ3n) is 9.25. The van der Waals surface area contributed by atoms with Crippen molar-refractivity contribution in [1.82, 2.24) is 0 Å². The molecule has 286 valence electrons. The number of benzene rings is 2. The lowest BCUT2D eigenvalue weighted by molar-refractivity contribution is -0.355. The van der Waals surface area contributed by atoms with Crippen molar-refractivity contribution in [2.24, 2.45) is 0 Å². The van der Waals surface area contributed by atoms with Crippen LogP contribution in [0.3, 0.4) is 0 Å². The first-order valence-corrected chi connectivity index (χ1v) is 16.2. The van der Waals surface area contributed by atoms with E-state index in [9.17, 15) is 61.0 Å². The normalized spacial score (nSPS) is 38.2. The third-order valence-corrected chi connectivity index (χ3v) is 9.25. The number of aliphatic hydroxyl groups is 9. The van der Waals surface area contributed by atoms with E-state index in [0.29, 0.717) is 0 Å². The molecule has 0 radical (unpaired) electrons. The molecule has 0 spiro atoms. The molecule has 3 aliphatic heterocycles. The Morgan fingerprint density at radius 3 is 1.92 bits per heavy atom. The van der Waals surface area contributed by atoms with E-state index >= 15 is 0 Å². The number of fused-ring (bicyclic) bond motifs is 1. The van der Waals surface area contributed by atoms with E-state index in [1.807, 2.05) is 0 Å². The van der Waals surface area contributed by atoms with Crippen LogP contribution in [0.15, 0.2) is 45.6 Å². The standard InChI is InChI=1S/C33H40O19/c1-10-19(37)23(41)26(44)31(46-10)51-29-22(40)18-15(36)7-14(8-16(18)49-28(29)12-3-5-13(35)6-4-12)48-33-30(25(43)20(38)11(2)47-33)52-32-27(45)24(42)21(39)17(9-34)50-32/h3-8,10-11,17,19-21,23-27,30-39,41-45H,9H2,1-2H3. The van der Waals surface area contributed by atoms with Gasteiger partial charge in [0.1, 0.15) is 83.2 Å². The highest BCUT2D eigenvalue weighted by Gasteiger charge is 2.51. The van der Waals surface area contributed by atoms with E-state index < -0.39 is 121 Å². The molecular weight excluding hydrogens is 700 g/mol. The predicted octanol–water partition coefficient (Wildman–Crippen LogP) is -2.89. The van der Waals surface area contributed by atoms with Crippen LogP contribution < -0.4 is 14.9 Å². The molecule has 3 aromatic rings. The average Bonchev–Trinajstić information content (AvgIpc) is 3.11. The Kier molecular flexibility index (Phi) is 11.0. The first-order valence-electron chi connectivity index (χ1n) is 16.2. The van der Waals surface area contributed by atoms with E-state index in [4.69, 9.17) is 32.8 Å². The zero-order valence-corrected chi connectivity index (χ0v) is 27.5. The molecule has 11 N–H and O–H groups in total. The number of hydrogen-bond acceptors (Lipinski definition) is 19. The average molecular weight is 741 g/mol. The Bertz CT molecular complexity index is 1760. The topological polar surface area (TPSA) is 308 Å². The van der Waals surface area contributed by atoms with Crippen LogP contribution in [0.25, 0.3) is 22.3 Å². The lowest BCUT2D eigenvalue weighted by Crippen LogP contribution is -2.64. The maximum Gasteiger partial charge on any atom is 0.239 e. The Labute approximate surface area is 293 Å². The summed E-state index contributed by atoms with van der Waals surface area (Å²) in [6, 6.07) is 7.45. The van der Waals surface area contributed by atoms with Crippen LogP contribution in [-0.2, 0) is 18.9 Å². The van der Waals surface area contributed by atoms with Crippen LogP contribution in [0.4, 0.5) is 0 Å². The second-order valence-corrected chi connectivity index (χ2v) is 12.9. The second-order valence-electron chi connectivity index (χ2n) is 12.9. The van der Waals surface area contributed by atoms with E-state index in [2.05, 4.69) is 0 Å². The molecule has 19 nitrogen and oxygen atoms in total. The van der Waals surface area contributed by atoms with Crippen molar-refractivity contribution < 1.29 is 89.0 Å². The summed E-state index contributed by atoms with van der Waals surface area (Å²) < 4.78 is 40.0. The molecule has 19 heteroatoms. The fraction of sp³-hybridized carbons (Fsp3) is 0.545. The van der Waals surface area contributed by atoms with Crippen molar-refractivity contribution in [3.63, 3.8) is 0 Å². The number of aliphatic hydroxyl groups excluding tert-OH is 9. The van der Waals surface area contributed by atoms with Crippen LogP contribution in [0, 0.1) is 0 Å². The number of aromatic hydroxyl groups is 2. The molecule has 3 saturated heterocycles. The van der Waals surface area contributed by atoms with Crippen molar-refractivity contribution in [3.05, 3.63) is 46.6 Å². The van der Waals surface area contributed by atoms with Gasteiger partial charge in [-0.3, -0.25) is 4.79 Å². The first-order chi connectivity index (χ1) is 24.6. The van der Waals surface area contributed by atoms with Crippen molar-refractivity contribution in [3.8, 4) is 34.3 Å². The van der Waals surface area contributed by atoms with Gasteiger partial charge >= 0.3 is 0 Å². The van der Waals surface area contributed by atoms with E-state index in [1.165, 1.54) is 38.1 Å². The SMILES string of the molecule is CC1OC(Oc2c(-c3ccc(O)cc3)oc3cc(OC4OC(C)C(O)C(O)C4OC4OC(CO)C(O)C(O)C4O)cc(O)c3c2=O)C(O)C(O)C1O. The molecular formula is C33H40O19. The minimum atomic E-state index is -1.88. The molecule has 3 fully saturated rings. The highest BCUT2D eigenvalue weighted by atomic mass is 16.8. The molecule has 0 bridgehead atoms. The quantitative estimate of drug-likeness (QED) is 0.110. The Morgan fingerprint density at radius 1 is 0.673 bits per heavy atom. The molecule has 0 amide bonds. The van der Waals surface area contributed by atoms with Gasteiger partial charge in [-0.2, -0.15) is 0 Å². The van der Waals surface area contributed by atoms with Crippen LogP contribution in [0.2, 0.25) is 0 Å². The van der Waals surface area contributed by atoms with Gasteiger partial charge in [-0.15, -0.1) is 0 Å². The number of phenolic OH excluding ortho intramolecular Hbond substituents is 2. The minimum Gasteiger partial charge on any atom is -0.508 e.